The minimum Gasteiger partial charge on any atom is -0.314 e. The van der Waals surface area contributed by atoms with Gasteiger partial charge in [0.2, 0.25) is 0 Å². The summed E-state index contributed by atoms with van der Waals surface area (Å²) in [5, 5.41) is 11.7. The normalized spacial score (nSPS) is 13.4. The molecule has 1 N–H and O–H groups in total. The first kappa shape index (κ1) is 39.7. The first-order valence-electron chi connectivity index (χ1n) is 18.6. The fourth-order valence-electron chi connectivity index (χ4n) is 6.28. The molecule has 0 saturated carbocycles. The van der Waals surface area contributed by atoms with Gasteiger partial charge in [0.25, 0.3) is 0 Å². The number of rotatable bonds is 32. The van der Waals surface area contributed by atoms with E-state index in [2.05, 4.69) is 41.2 Å². The van der Waals surface area contributed by atoms with Gasteiger partial charge in [-0.05, 0) is 56.3 Å². The van der Waals surface area contributed by atoms with E-state index < -0.39 is 0 Å². The van der Waals surface area contributed by atoms with Gasteiger partial charge in [-0.25, -0.2) is 0 Å². The molecule has 2 atom stereocenters. The summed E-state index contributed by atoms with van der Waals surface area (Å²) in [6, 6.07) is 0. The van der Waals surface area contributed by atoms with Gasteiger partial charge in [0.1, 0.15) is 0 Å². The molecule has 2 heteroatoms. The predicted octanol–water partition coefficient (Wildman–Crippen LogP) is 13.3. The molecule has 240 valence electrons. The summed E-state index contributed by atoms with van der Waals surface area (Å²) in [7, 11) is 0. The van der Waals surface area contributed by atoms with Crippen LogP contribution in [0, 0.1) is 17.8 Å². The molecule has 0 spiro atoms. The quantitative estimate of drug-likeness (QED) is 0.0500. The van der Waals surface area contributed by atoms with Crippen molar-refractivity contribution in [3.05, 3.63) is 12.2 Å². The van der Waals surface area contributed by atoms with Gasteiger partial charge in [0.15, 0.2) is 0 Å². The van der Waals surface area contributed by atoms with Crippen LogP contribution in [-0.2, 0) is 0 Å². The minimum absolute atomic E-state index is 0.757. The van der Waals surface area contributed by atoms with E-state index in [0.717, 1.165) is 43.7 Å². The highest BCUT2D eigenvalue weighted by molar-refractivity contribution is 5.01. The van der Waals surface area contributed by atoms with Crippen molar-refractivity contribution in [2.24, 2.45) is 17.8 Å². The standard InChI is InChI=1S/C38H77NO/c1-7-10-12-14-18-25-31-38(34-37(9-3)30-24-13-11-8-2)36(6)29-23-17-15-16-20-26-32-39(40)33-27-21-19-22-28-35(4)5/h35,37-38,40H,6-34H2,1-5H3. The summed E-state index contributed by atoms with van der Waals surface area (Å²) in [6.45, 7) is 18.0. The maximum absolute atomic E-state index is 10.1. The molecule has 0 amide bonds. The van der Waals surface area contributed by atoms with Gasteiger partial charge < -0.3 is 5.21 Å². The van der Waals surface area contributed by atoms with Crippen LogP contribution in [0.25, 0.3) is 0 Å². The fraction of sp³-hybridized carbons (Fsp3) is 0.947. The summed E-state index contributed by atoms with van der Waals surface area (Å²) >= 11 is 0. The molecule has 0 aliphatic rings. The molecule has 2 nitrogen and oxygen atoms in total. The molecule has 0 aliphatic heterocycles. The first-order valence-corrected chi connectivity index (χ1v) is 18.6. The van der Waals surface area contributed by atoms with Crippen molar-refractivity contribution >= 4 is 0 Å². The molecule has 0 aromatic carbocycles. The van der Waals surface area contributed by atoms with Gasteiger partial charge in [-0.15, -0.1) is 0 Å². The van der Waals surface area contributed by atoms with Gasteiger partial charge in [-0.3, -0.25) is 0 Å². The van der Waals surface area contributed by atoms with Gasteiger partial charge >= 0.3 is 0 Å². The van der Waals surface area contributed by atoms with E-state index in [4.69, 9.17) is 0 Å². The second-order valence-corrected chi connectivity index (χ2v) is 13.7. The zero-order valence-electron chi connectivity index (χ0n) is 28.6. The zero-order valence-corrected chi connectivity index (χ0v) is 28.6. The van der Waals surface area contributed by atoms with E-state index in [1.807, 2.05) is 0 Å². The van der Waals surface area contributed by atoms with E-state index in [1.165, 1.54) is 154 Å². The second-order valence-electron chi connectivity index (χ2n) is 13.7. The molecule has 0 fully saturated rings. The largest absolute Gasteiger partial charge is 0.314 e. The molecule has 2 unspecified atom stereocenters. The maximum Gasteiger partial charge on any atom is 0.0238 e. The first-order chi connectivity index (χ1) is 19.4. The molecule has 0 bridgehead atoms. The van der Waals surface area contributed by atoms with Gasteiger partial charge in [0.05, 0.1) is 0 Å². The molecule has 0 aromatic heterocycles. The highest BCUT2D eigenvalue weighted by Crippen LogP contribution is 2.32. The van der Waals surface area contributed by atoms with Crippen LogP contribution in [0.15, 0.2) is 12.2 Å². The van der Waals surface area contributed by atoms with Crippen molar-refractivity contribution in [3.63, 3.8) is 0 Å². The maximum atomic E-state index is 10.1. The Kier molecular flexibility index (Phi) is 29.9. The monoisotopic (exact) mass is 564 g/mol. The number of nitrogens with zero attached hydrogens (tertiary/aromatic N) is 1. The molecule has 0 aliphatic carbocycles. The van der Waals surface area contributed by atoms with E-state index in [1.54, 1.807) is 10.6 Å². The Labute approximate surface area is 254 Å². The van der Waals surface area contributed by atoms with Crippen molar-refractivity contribution in [2.45, 2.75) is 202 Å². The third-order valence-corrected chi connectivity index (χ3v) is 9.26. The smallest absolute Gasteiger partial charge is 0.0238 e. The van der Waals surface area contributed by atoms with E-state index in [9.17, 15) is 5.21 Å². The topological polar surface area (TPSA) is 23.5 Å². The Bertz CT molecular complexity index is 516. The van der Waals surface area contributed by atoms with Crippen LogP contribution in [0.3, 0.4) is 0 Å². The molecule has 40 heavy (non-hydrogen) atoms. The average molecular weight is 564 g/mol. The lowest BCUT2D eigenvalue weighted by Gasteiger charge is -2.25. The lowest BCUT2D eigenvalue weighted by Crippen LogP contribution is -2.21. The van der Waals surface area contributed by atoms with Crippen molar-refractivity contribution in [2.75, 3.05) is 13.1 Å². The number of hydroxylamine groups is 2. The number of allylic oxidation sites excluding steroid dienone is 1. The van der Waals surface area contributed by atoms with Crippen LogP contribution in [0.2, 0.25) is 0 Å². The summed E-state index contributed by atoms with van der Waals surface area (Å²) in [5.74, 6) is 2.48. The summed E-state index contributed by atoms with van der Waals surface area (Å²) in [4.78, 5) is 0. The molecule has 0 heterocycles. The van der Waals surface area contributed by atoms with Crippen molar-refractivity contribution < 1.29 is 5.21 Å². The molecular formula is C38H77NO. The fourth-order valence-corrected chi connectivity index (χ4v) is 6.28. The van der Waals surface area contributed by atoms with Crippen LogP contribution < -0.4 is 0 Å². The highest BCUT2D eigenvalue weighted by atomic mass is 16.5. The van der Waals surface area contributed by atoms with E-state index in [0.29, 0.717) is 0 Å². The Morgan fingerprint density at radius 2 is 1.02 bits per heavy atom. The SMILES string of the molecule is C=C(CCCCCCCCN(O)CCCCCCC(C)C)C(CCCCCCCC)CC(CC)CCCCCC. The second kappa shape index (κ2) is 30.1. The summed E-state index contributed by atoms with van der Waals surface area (Å²) < 4.78 is 0. The molecule has 0 saturated heterocycles. The molecule has 0 rings (SSSR count). The highest BCUT2D eigenvalue weighted by Gasteiger charge is 2.18. The van der Waals surface area contributed by atoms with Gasteiger partial charge in [-0.2, -0.15) is 5.06 Å². The van der Waals surface area contributed by atoms with Crippen molar-refractivity contribution in [1.82, 2.24) is 5.06 Å². The zero-order chi connectivity index (χ0) is 29.7. The predicted molar refractivity (Wildman–Crippen MR) is 181 cm³/mol. The lowest BCUT2D eigenvalue weighted by atomic mass is 9.80. The van der Waals surface area contributed by atoms with Crippen LogP contribution >= 0.6 is 0 Å². The Balaban J connectivity index is 4.12. The van der Waals surface area contributed by atoms with Gasteiger partial charge in [-0.1, -0.05) is 175 Å². The van der Waals surface area contributed by atoms with Crippen LogP contribution in [0.4, 0.5) is 0 Å². The molecular weight excluding hydrogens is 486 g/mol. The van der Waals surface area contributed by atoms with Crippen molar-refractivity contribution in [3.8, 4) is 0 Å². The third kappa shape index (κ3) is 26.6. The van der Waals surface area contributed by atoms with Crippen LogP contribution in [-0.4, -0.2) is 23.4 Å². The average Bonchev–Trinajstić information content (AvgIpc) is 2.94. The van der Waals surface area contributed by atoms with E-state index in [-0.39, 0.29) is 0 Å². The summed E-state index contributed by atoms with van der Waals surface area (Å²) in [5.41, 5.74) is 1.57. The molecule has 0 aromatic rings. The Morgan fingerprint density at radius 1 is 0.575 bits per heavy atom. The van der Waals surface area contributed by atoms with Crippen molar-refractivity contribution in [1.29, 1.82) is 0 Å². The lowest BCUT2D eigenvalue weighted by molar-refractivity contribution is -0.0925. The Hall–Kier alpha value is -0.340. The van der Waals surface area contributed by atoms with Gasteiger partial charge in [0, 0.05) is 13.1 Å². The molecule has 0 radical (unpaired) electrons. The third-order valence-electron chi connectivity index (χ3n) is 9.26. The number of unbranched alkanes of at least 4 members (excludes halogenated alkanes) is 16. The van der Waals surface area contributed by atoms with Crippen LogP contribution in [0.5, 0.6) is 0 Å². The summed E-state index contributed by atoms with van der Waals surface area (Å²) in [6.07, 6.45) is 34.9. The Morgan fingerprint density at radius 3 is 1.57 bits per heavy atom. The van der Waals surface area contributed by atoms with Crippen LogP contribution in [0.1, 0.15) is 202 Å². The van der Waals surface area contributed by atoms with E-state index >= 15 is 0 Å². The number of hydrogen-bond donors (Lipinski definition) is 1. The minimum atomic E-state index is 0.757. The number of hydrogen-bond acceptors (Lipinski definition) is 2.